The Morgan fingerprint density at radius 3 is 2.03 bits per heavy atom. The molecule has 0 saturated carbocycles. The maximum atomic E-state index is 2.49. The second-order valence-corrected chi connectivity index (χ2v) is 13.9. The minimum Gasteiger partial charge on any atom is -0.0776 e. The number of benzene rings is 3. The summed E-state index contributed by atoms with van der Waals surface area (Å²) in [7, 11) is 0. The van der Waals surface area contributed by atoms with E-state index < -0.39 is 0 Å². The largest absolute Gasteiger partial charge is 0.0776 e. The average molecular weight is 483 g/mol. The van der Waals surface area contributed by atoms with Gasteiger partial charge in [0, 0.05) is 5.41 Å². The molecule has 194 valence electrons. The van der Waals surface area contributed by atoms with Crippen molar-refractivity contribution in [3.63, 3.8) is 0 Å². The Balaban J connectivity index is 0.000000551. The zero-order chi connectivity index (χ0) is 25.8. The summed E-state index contributed by atoms with van der Waals surface area (Å²) in [5, 5.41) is 0. The summed E-state index contributed by atoms with van der Waals surface area (Å²) >= 11 is 0. The zero-order valence-corrected chi connectivity index (χ0v) is 23.9. The fourth-order valence-corrected chi connectivity index (χ4v) is 6.11. The van der Waals surface area contributed by atoms with Gasteiger partial charge in [-0.3, -0.25) is 0 Å². The molecule has 1 atom stereocenters. The zero-order valence-electron chi connectivity index (χ0n) is 23.9. The molecule has 0 heteroatoms. The summed E-state index contributed by atoms with van der Waals surface area (Å²) < 4.78 is 0. The maximum absolute atomic E-state index is 2.49. The molecule has 36 heavy (non-hydrogen) atoms. The molecule has 1 unspecified atom stereocenters. The van der Waals surface area contributed by atoms with Crippen LogP contribution in [0.15, 0.2) is 48.5 Å². The predicted octanol–water partition coefficient (Wildman–Crippen LogP) is 10.4. The fourth-order valence-electron chi connectivity index (χ4n) is 6.11. The van der Waals surface area contributed by atoms with E-state index in [0.717, 1.165) is 6.42 Å². The van der Waals surface area contributed by atoms with Crippen molar-refractivity contribution in [2.24, 2.45) is 5.41 Å². The Labute approximate surface area is 222 Å². The number of aryl methyl sites for hydroxylation is 3. The van der Waals surface area contributed by atoms with Gasteiger partial charge in [-0.15, -0.1) is 0 Å². The van der Waals surface area contributed by atoms with Crippen molar-refractivity contribution in [1.29, 1.82) is 0 Å². The van der Waals surface area contributed by atoms with Gasteiger partial charge in [0.05, 0.1) is 0 Å². The summed E-state index contributed by atoms with van der Waals surface area (Å²) in [6.45, 7) is 22.6. The van der Waals surface area contributed by atoms with Crippen molar-refractivity contribution < 1.29 is 0 Å². The highest BCUT2D eigenvalue weighted by Gasteiger charge is 2.46. The lowest BCUT2D eigenvalue weighted by atomic mass is 9.64. The van der Waals surface area contributed by atoms with Gasteiger partial charge in [-0.25, -0.2) is 0 Å². The first-order valence-electron chi connectivity index (χ1n) is 13.5. The van der Waals surface area contributed by atoms with E-state index in [0.29, 0.717) is 5.41 Å². The molecule has 0 nitrogen and oxygen atoms in total. The van der Waals surface area contributed by atoms with Crippen molar-refractivity contribution in [2.45, 2.75) is 113 Å². The molecule has 3 aromatic carbocycles. The van der Waals surface area contributed by atoms with Crippen LogP contribution < -0.4 is 0 Å². The van der Waals surface area contributed by atoms with Crippen molar-refractivity contribution in [2.75, 3.05) is 0 Å². The topological polar surface area (TPSA) is 0 Å². The molecule has 0 N–H and O–H groups in total. The van der Waals surface area contributed by atoms with Gasteiger partial charge in [-0.05, 0) is 102 Å². The Kier molecular flexibility index (Phi) is 7.72. The maximum Gasteiger partial charge on any atom is 0.0258 e. The quantitative estimate of drug-likeness (QED) is 0.341. The first-order valence-corrected chi connectivity index (χ1v) is 13.5. The second kappa shape index (κ2) is 9.85. The summed E-state index contributed by atoms with van der Waals surface area (Å²) in [5.74, 6) is 0. The van der Waals surface area contributed by atoms with Crippen LogP contribution in [0.2, 0.25) is 0 Å². The molecule has 0 amide bonds. The summed E-state index contributed by atoms with van der Waals surface area (Å²) in [5.41, 5.74) is 15.8. The molecule has 2 aliphatic carbocycles. The molecule has 0 spiro atoms. The van der Waals surface area contributed by atoms with E-state index in [1.807, 2.05) is 0 Å². The normalized spacial score (nSPS) is 17.9. The van der Waals surface area contributed by atoms with Crippen LogP contribution in [-0.4, -0.2) is 0 Å². The Bertz CT molecular complexity index is 1240. The molecule has 0 bridgehead atoms. The molecule has 0 radical (unpaired) electrons. The highest BCUT2D eigenvalue weighted by Crippen LogP contribution is 2.57. The van der Waals surface area contributed by atoms with Crippen LogP contribution in [0.25, 0.3) is 11.1 Å². The summed E-state index contributed by atoms with van der Waals surface area (Å²) in [6, 6.07) is 19.2. The fraction of sp³-hybridized carbons (Fsp3) is 0.500. The molecule has 0 fully saturated rings. The highest BCUT2D eigenvalue weighted by molar-refractivity contribution is 5.84. The van der Waals surface area contributed by atoms with Crippen LogP contribution in [0.3, 0.4) is 0 Å². The van der Waals surface area contributed by atoms with Gasteiger partial charge in [-0.1, -0.05) is 116 Å². The third-order valence-corrected chi connectivity index (χ3v) is 7.55. The molecular formula is C36H50. The first-order chi connectivity index (χ1) is 16.2. The average Bonchev–Trinajstić information content (AvgIpc) is 2.98. The Hall–Kier alpha value is -2.34. The van der Waals surface area contributed by atoms with Gasteiger partial charge in [0.2, 0.25) is 0 Å². The minimum absolute atomic E-state index is 0. The smallest absolute Gasteiger partial charge is 0.0258 e. The van der Waals surface area contributed by atoms with E-state index in [9.17, 15) is 0 Å². The second-order valence-electron chi connectivity index (χ2n) is 13.9. The van der Waals surface area contributed by atoms with Gasteiger partial charge in [0.25, 0.3) is 0 Å². The van der Waals surface area contributed by atoms with E-state index in [1.54, 1.807) is 16.7 Å². The molecule has 0 aromatic heterocycles. The van der Waals surface area contributed by atoms with Crippen molar-refractivity contribution >= 4 is 0 Å². The lowest BCUT2D eigenvalue weighted by Gasteiger charge is -2.38. The van der Waals surface area contributed by atoms with E-state index in [1.165, 1.54) is 58.2 Å². The predicted molar refractivity (Wildman–Crippen MR) is 161 cm³/mol. The Morgan fingerprint density at radius 2 is 1.39 bits per heavy atom. The van der Waals surface area contributed by atoms with Gasteiger partial charge in [0.1, 0.15) is 0 Å². The van der Waals surface area contributed by atoms with Crippen LogP contribution in [-0.2, 0) is 23.7 Å². The molecule has 0 aliphatic heterocycles. The SMILES string of the molecule is C.CC(C)(C)C.Cc1cc(CC23CCCc4c(C)ccc(c42)-c2ccc(C)cc23)cc(C(C)(C)C)c1. The number of fused-ring (bicyclic) bond motifs is 3. The van der Waals surface area contributed by atoms with Gasteiger partial charge in [0.15, 0.2) is 0 Å². The minimum atomic E-state index is 0. The third kappa shape index (κ3) is 5.49. The molecular weight excluding hydrogens is 432 g/mol. The first kappa shape index (κ1) is 28.2. The molecule has 0 saturated heterocycles. The van der Waals surface area contributed by atoms with Crippen molar-refractivity contribution in [1.82, 2.24) is 0 Å². The van der Waals surface area contributed by atoms with Crippen LogP contribution in [0.4, 0.5) is 0 Å². The molecule has 2 aliphatic rings. The van der Waals surface area contributed by atoms with Crippen LogP contribution >= 0.6 is 0 Å². The van der Waals surface area contributed by atoms with Crippen LogP contribution in [0, 0.1) is 26.2 Å². The molecule has 0 heterocycles. The monoisotopic (exact) mass is 482 g/mol. The summed E-state index contributed by atoms with van der Waals surface area (Å²) in [4.78, 5) is 0. The highest BCUT2D eigenvalue weighted by atomic mass is 14.5. The standard InChI is InChI=1S/C30H34.C5H12.CH4/c1-19-9-11-25-26-12-10-21(3)24-8-7-13-30(28(24)26,27(25)16-19)18-22-14-20(2)15-23(17-22)29(4,5)6;1-5(2,3)4;/h9-12,14-17H,7-8,13,18H2,1-6H3;1-4H3;1H4. The lowest BCUT2D eigenvalue weighted by Crippen LogP contribution is -2.33. The van der Waals surface area contributed by atoms with Crippen LogP contribution in [0.1, 0.15) is 113 Å². The lowest BCUT2D eigenvalue weighted by molar-refractivity contribution is 0.433. The van der Waals surface area contributed by atoms with Crippen molar-refractivity contribution in [3.8, 4) is 11.1 Å². The van der Waals surface area contributed by atoms with E-state index in [4.69, 9.17) is 0 Å². The van der Waals surface area contributed by atoms with Crippen molar-refractivity contribution in [3.05, 3.63) is 93.0 Å². The number of hydrogen-bond acceptors (Lipinski definition) is 0. The number of hydrogen-bond donors (Lipinski definition) is 0. The van der Waals surface area contributed by atoms with Gasteiger partial charge >= 0.3 is 0 Å². The summed E-state index contributed by atoms with van der Waals surface area (Å²) in [6.07, 6.45) is 4.87. The molecule has 5 rings (SSSR count). The van der Waals surface area contributed by atoms with Crippen LogP contribution in [0.5, 0.6) is 0 Å². The van der Waals surface area contributed by atoms with Gasteiger partial charge in [-0.2, -0.15) is 0 Å². The van der Waals surface area contributed by atoms with E-state index in [2.05, 4.69) is 118 Å². The van der Waals surface area contributed by atoms with E-state index in [-0.39, 0.29) is 18.3 Å². The number of rotatable bonds is 2. The molecule has 3 aromatic rings. The van der Waals surface area contributed by atoms with Gasteiger partial charge < -0.3 is 0 Å². The van der Waals surface area contributed by atoms with E-state index >= 15 is 0 Å². The third-order valence-electron chi connectivity index (χ3n) is 7.55. The Morgan fingerprint density at radius 1 is 0.750 bits per heavy atom.